The average Bonchev–Trinajstić information content (AvgIpc) is 2.55. The molecule has 1 aliphatic carbocycles. The summed E-state index contributed by atoms with van der Waals surface area (Å²) in [5.74, 6) is 1.53. The van der Waals surface area contributed by atoms with E-state index in [2.05, 4.69) is 50.4 Å². The number of hydrogen-bond acceptors (Lipinski definition) is 1. The van der Waals surface area contributed by atoms with Crippen molar-refractivity contribution in [3.63, 3.8) is 0 Å². The molecule has 2 rings (SSSR count). The predicted molar refractivity (Wildman–Crippen MR) is 80.2 cm³/mol. The van der Waals surface area contributed by atoms with Gasteiger partial charge in [0.25, 0.3) is 0 Å². The van der Waals surface area contributed by atoms with Crippen molar-refractivity contribution >= 4 is 5.69 Å². The molecule has 18 heavy (non-hydrogen) atoms. The SMILES string of the molecule is CC1CCCC(Nc2cccc(C(C)C)c2)CC1. The molecule has 2 unspecified atom stereocenters. The number of rotatable bonds is 3. The van der Waals surface area contributed by atoms with Crippen LogP contribution in [0.3, 0.4) is 0 Å². The van der Waals surface area contributed by atoms with Crippen LogP contribution in [0.1, 0.15) is 64.4 Å². The van der Waals surface area contributed by atoms with E-state index in [1.54, 1.807) is 0 Å². The molecular formula is C17H27N. The van der Waals surface area contributed by atoms with Crippen LogP contribution in [0.15, 0.2) is 24.3 Å². The highest BCUT2D eigenvalue weighted by molar-refractivity contribution is 5.47. The molecule has 0 aromatic heterocycles. The first-order valence-electron chi connectivity index (χ1n) is 7.51. The molecule has 1 heteroatoms. The summed E-state index contributed by atoms with van der Waals surface area (Å²) in [6, 6.07) is 9.61. The van der Waals surface area contributed by atoms with Crippen LogP contribution in [0.4, 0.5) is 5.69 Å². The van der Waals surface area contributed by atoms with Crippen LogP contribution in [-0.2, 0) is 0 Å². The zero-order valence-electron chi connectivity index (χ0n) is 12.1. The number of nitrogens with one attached hydrogen (secondary N) is 1. The van der Waals surface area contributed by atoms with E-state index >= 15 is 0 Å². The maximum atomic E-state index is 3.74. The second kappa shape index (κ2) is 6.26. The van der Waals surface area contributed by atoms with Crippen LogP contribution in [0.5, 0.6) is 0 Å². The summed E-state index contributed by atoms with van der Waals surface area (Å²) in [5.41, 5.74) is 2.74. The molecule has 100 valence electrons. The van der Waals surface area contributed by atoms with Crippen LogP contribution >= 0.6 is 0 Å². The maximum absolute atomic E-state index is 3.74. The van der Waals surface area contributed by atoms with Crippen molar-refractivity contribution in [2.75, 3.05) is 5.32 Å². The second-order valence-corrected chi connectivity index (χ2v) is 6.23. The summed E-state index contributed by atoms with van der Waals surface area (Å²) in [5, 5.41) is 3.74. The molecule has 1 N–H and O–H groups in total. The lowest BCUT2D eigenvalue weighted by atomic mass is 10.0. The van der Waals surface area contributed by atoms with Gasteiger partial charge in [-0.15, -0.1) is 0 Å². The number of benzene rings is 1. The van der Waals surface area contributed by atoms with E-state index in [0.29, 0.717) is 12.0 Å². The van der Waals surface area contributed by atoms with Gasteiger partial charge in [0, 0.05) is 11.7 Å². The minimum absolute atomic E-state index is 0.612. The van der Waals surface area contributed by atoms with Gasteiger partial charge in [-0.2, -0.15) is 0 Å². The molecular weight excluding hydrogens is 218 g/mol. The normalized spacial score (nSPS) is 24.9. The van der Waals surface area contributed by atoms with Gasteiger partial charge in [-0.05, 0) is 48.8 Å². The van der Waals surface area contributed by atoms with E-state index in [1.165, 1.54) is 43.4 Å². The molecule has 0 bridgehead atoms. The van der Waals surface area contributed by atoms with Gasteiger partial charge in [0.2, 0.25) is 0 Å². The average molecular weight is 245 g/mol. The molecule has 1 aromatic carbocycles. The van der Waals surface area contributed by atoms with Crippen LogP contribution in [0.25, 0.3) is 0 Å². The Hall–Kier alpha value is -0.980. The molecule has 0 radical (unpaired) electrons. The van der Waals surface area contributed by atoms with Gasteiger partial charge in [-0.1, -0.05) is 45.7 Å². The fraction of sp³-hybridized carbons (Fsp3) is 0.647. The van der Waals surface area contributed by atoms with Gasteiger partial charge in [0.1, 0.15) is 0 Å². The molecule has 0 amide bonds. The molecule has 1 nitrogen and oxygen atoms in total. The van der Waals surface area contributed by atoms with Gasteiger partial charge in [-0.3, -0.25) is 0 Å². The van der Waals surface area contributed by atoms with E-state index in [0.717, 1.165) is 5.92 Å². The summed E-state index contributed by atoms with van der Waals surface area (Å²) in [4.78, 5) is 0. The Bertz CT molecular complexity index is 370. The fourth-order valence-corrected chi connectivity index (χ4v) is 2.85. The van der Waals surface area contributed by atoms with Crippen molar-refractivity contribution in [1.29, 1.82) is 0 Å². The predicted octanol–water partition coefficient (Wildman–Crippen LogP) is 5.19. The zero-order valence-corrected chi connectivity index (χ0v) is 12.1. The molecule has 0 heterocycles. The van der Waals surface area contributed by atoms with Crippen LogP contribution in [0.2, 0.25) is 0 Å². The van der Waals surface area contributed by atoms with Crippen molar-refractivity contribution in [2.24, 2.45) is 5.92 Å². The molecule has 1 aromatic rings. The van der Waals surface area contributed by atoms with Gasteiger partial charge in [0.05, 0.1) is 0 Å². The zero-order chi connectivity index (χ0) is 13.0. The Balaban J connectivity index is 1.98. The molecule has 2 atom stereocenters. The first-order valence-corrected chi connectivity index (χ1v) is 7.51. The number of hydrogen-bond donors (Lipinski definition) is 1. The lowest BCUT2D eigenvalue weighted by molar-refractivity contribution is 0.502. The van der Waals surface area contributed by atoms with Crippen LogP contribution < -0.4 is 5.32 Å². The van der Waals surface area contributed by atoms with Crippen molar-refractivity contribution in [3.05, 3.63) is 29.8 Å². The summed E-state index contributed by atoms with van der Waals surface area (Å²) < 4.78 is 0. The van der Waals surface area contributed by atoms with Crippen molar-refractivity contribution < 1.29 is 0 Å². The highest BCUT2D eigenvalue weighted by atomic mass is 14.9. The Morgan fingerprint density at radius 3 is 2.72 bits per heavy atom. The second-order valence-electron chi connectivity index (χ2n) is 6.23. The third-order valence-corrected chi connectivity index (χ3v) is 4.18. The lowest BCUT2D eigenvalue weighted by Crippen LogP contribution is -2.18. The summed E-state index contributed by atoms with van der Waals surface area (Å²) in [7, 11) is 0. The van der Waals surface area contributed by atoms with Gasteiger partial charge >= 0.3 is 0 Å². The summed E-state index contributed by atoms with van der Waals surface area (Å²) in [6.45, 7) is 6.90. The molecule has 1 saturated carbocycles. The largest absolute Gasteiger partial charge is 0.382 e. The van der Waals surface area contributed by atoms with Gasteiger partial charge in [-0.25, -0.2) is 0 Å². The Morgan fingerprint density at radius 2 is 1.94 bits per heavy atom. The first kappa shape index (κ1) is 13.5. The lowest BCUT2D eigenvalue weighted by Gasteiger charge is -2.19. The topological polar surface area (TPSA) is 12.0 Å². The van der Waals surface area contributed by atoms with E-state index in [1.807, 2.05) is 0 Å². The molecule has 0 saturated heterocycles. The quantitative estimate of drug-likeness (QED) is 0.722. The third-order valence-electron chi connectivity index (χ3n) is 4.18. The molecule has 0 spiro atoms. The minimum atomic E-state index is 0.612. The Morgan fingerprint density at radius 1 is 1.11 bits per heavy atom. The minimum Gasteiger partial charge on any atom is -0.382 e. The van der Waals surface area contributed by atoms with Crippen molar-refractivity contribution in [1.82, 2.24) is 0 Å². The summed E-state index contributed by atoms with van der Waals surface area (Å²) in [6.07, 6.45) is 6.82. The molecule has 0 aliphatic heterocycles. The summed E-state index contributed by atoms with van der Waals surface area (Å²) >= 11 is 0. The molecule has 1 aliphatic rings. The fourth-order valence-electron chi connectivity index (χ4n) is 2.85. The van der Waals surface area contributed by atoms with Crippen molar-refractivity contribution in [2.45, 2.75) is 64.8 Å². The van der Waals surface area contributed by atoms with Crippen LogP contribution in [-0.4, -0.2) is 6.04 Å². The van der Waals surface area contributed by atoms with E-state index in [4.69, 9.17) is 0 Å². The van der Waals surface area contributed by atoms with Gasteiger partial charge < -0.3 is 5.32 Å². The smallest absolute Gasteiger partial charge is 0.0345 e. The van der Waals surface area contributed by atoms with E-state index in [-0.39, 0.29) is 0 Å². The third kappa shape index (κ3) is 3.76. The van der Waals surface area contributed by atoms with E-state index in [9.17, 15) is 0 Å². The Kier molecular flexibility index (Phi) is 4.68. The maximum Gasteiger partial charge on any atom is 0.0345 e. The van der Waals surface area contributed by atoms with Crippen molar-refractivity contribution in [3.8, 4) is 0 Å². The van der Waals surface area contributed by atoms with Gasteiger partial charge in [0.15, 0.2) is 0 Å². The monoisotopic (exact) mass is 245 g/mol. The highest BCUT2D eigenvalue weighted by Crippen LogP contribution is 2.26. The van der Waals surface area contributed by atoms with Crippen LogP contribution in [0, 0.1) is 5.92 Å². The Labute approximate surface area is 112 Å². The van der Waals surface area contributed by atoms with E-state index < -0.39 is 0 Å². The molecule has 1 fully saturated rings. The number of anilines is 1. The standard InChI is InChI=1S/C17H27N/c1-13(2)15-7-5-9-17(12-15)18-16-8-4-6-14(3)10-11-16/h5,7,9,12-14,16,18H,4,6,8,10-11H2,1-3H3. The highest BCUT2D eigenvalue weighted by Gasteiger charge is 2.15. The first-order chi connectivity index (χ1) is 8.65.